The lowest BCUT2D eigenvalue weighted by atomic mass is 9.87. The summed E-state index contributed by atoms with van der Waals surface area (Å²) in [7, 11) is 1.38. The third-order valence-corrected chi connectivity index (χ3v) is 6.73. The van der Waals surface area contributed by atoms with Gasteiger partial charge < -0.3 is 4.74 Å². The quantitative estimate of drug-likeness (QED) is 0.317. The second kappa shape index (κ2) is 10.6. The number of halogens is 4. The number of allylic oxidation sites excluding steroid dienone is 1. The van der Waals surface area contributed by atoms with Crippen LogP contribution in [0.4, 0.5) is 17.6 Å². The molecule has 0 saturated carbocycles. The third-order valence-electron chi connectivity index (χ3n) is 6.73. The molecule has 34 heavy (non-hydrogen) atoms. The molecule has 0 spiro atoms. The van der Waals surface area contributed by atoms with Crippen molar-refractivity contribution in [2.45, 2.75) is 45.1 Å². The first-order chi connectivity index (χ1) is 16.4. The van der Waals surface area contributed by atoms with Crippen molar-refractivity contribution in [1.82, 2.24) is 0 Å². The number of hydrogen-bond donors (Lipinski definition) is 0. The van der Waals surface area contributed by atoms with Gasteiger partial charge in [0.2, 0.25) is 0 Å². The Bertz CT molecular complexity index is 1170. The van der Waals surface area contributed by atoms with Gasteiger partial charge in [-0.15, -0.1) is 0 Å². The number of rotatable bonds is 7. The molecule has 3 aromatic carbocycles. The normalized spacial score (nSPS) is 18.4. The second-order valence-corrected chi connectivity index (χ2v) is 8.77. The maximum absolute atomic E-state index is 14.9. The molecule has 0 amide bonds. The molecule has 1 aliphatic carbocycles. The Morgan fingerprint density at radius 3 is 1.74 bits per heavy atom. The third kappa shape index (κ3) is 4.95. The van der Waals surface area contributed by atoms with Gasteiger partial charge in [0.1, 0.15) is 11.9 Å². The Hall–Kier alpha value is -2.92. The summed E-state index contributed by atoms with van der Waals surface area (Å²) in [5.41, 5.74) is 3.67. The Labute approximate surface area is 198 Å². The van der Waals surface area contributed by atoms with Crippen LogP contribution in [0.1, 0.15) is 37.3 Å². The summed E-state index contributed by atoms with van der Waals surface area (Å²) in [6.07, 6.45) is 2.13. The molecular formula is C29H28F4O. The van der Waals surface area contributed by atoms with Gasteiger partial charge in [-0.25, -0.2) is 17.6 Å². The summed E-state index contributed by atoms with van der Waals surface area (Å²) < 4.78 is 63.1. The van der Waals surface area contributed by atoms with Gasteiger partial charge in [0, 0.05) is 24.2 Å². The van der Waals surface area contributed by atoms with Crippen LogP contribution in [0.15, 0.2) is 72.3 Å². The molecule has 0 fully saturated rings. The van der Waals surface area contributed by atoms with Gasteiger partial charge in [-0.2, -0.15) is 0 Å². The van der Waals surface area contributed by atoms with Crippen LogP contribution in [0, 0.1) is 17.6 Å². The minimum atomic E-state index is -0.887. The SMILES string of the molecule is CCc1ccc(-c2ccc(-c3ccc(CCC4CCC(OC)C(F)=C4F)cc3)c(F)c2F)cc1. The molecule has 178 valence electrons. The molecule has 0 bridgehead atoms. The summed E-state index contributed by atoms with van der Waals surface area (Å²) in [5.74, 6) is -3.73. The molecule has 2 unspecified atom stereocenters. The molecular weight excluding hydrogens is 440 g/mol. The van der Waals surface area contributed by atoms with Crippen LogP contribution in [0.3, 0.4) is 0 Å². The Morgan fingerprint density at radius 2 is 1.24 bits per heavy atom. The molecule has 1 nitrogen and oxygen atoms in total. The maximum Gasteiger partial charge on any atom is 0.167 e. The lowest BCUT2D eigenvalue weighted by Gasteiger charge is -2.25. The van der Waals surface area contributed by atoms with Gasteiger partial charge in [0.05, 0.1) is 0 Å². The lowest BCUT2D eigenvalue weighted by Crippen LogP contribution is -2.22. The predicted molar refractivity (Wildman–Crippen MR) is 128 cm³/mol. The van der Waals surface area contributed by atoms with Crippen molar-refractivity contribution in [2.24, 2.45) is 5.92 Å². The standard InChI is InChI=1S/C29H28F4O/c1-3-18-4-9-20(10-5-18)23-15-16-24(28(32)27(23)31)21-11-6-19(7-12-21)8-13-22-14-17-25(34-2)29(33)26(22)30/h4-7,9-12,15-16,22,25H,3,8,13-14,17H2,1-2H3. The van der Waals surface area contributed by atoms with Crippen LogP contribution in [0.5, 0.6) is 0 Å². The zero-order chi connectivity index (χ0) is 24.2. The van der Waals surface area contributed by atoms with Crippen LogP contribution in [-0.2, 0) is 17.6 Å². The van der Waals surface area contributed by atoms with E-state index >= 15 is 0 Å². The van der Waals surface area contributed by atoms with Crippen molar-refractivity contribution >= 4 is 0 Å². The number of hydrogen-bond acceptors (Lipinski definition) is 1. The fourth-order valence-corrected chi connectivity index (χ4v) is 4.55. The van der Waals surface area contributed by atoms with Crippen LogP contribution >= 0.6 is 0 Å². The van der Waals surface area contributed by atoms with Gasteiger partial charge in [0.15, 0.2) is 17.5 Å². The number of methoxy groups -OCH3 is 1. The van der Waals surface area contributed by atoms with Crippen molar-refractivity contribution in [1.29, 1.82) is 0 Å². The fraction of sp³-hybridized carbons (Fsp3) is 0.310. The highest BCUT2D eigenvalue weighted by Gasteiger charge is 2.30. The van der Waals surface area contributed by atoms with Crippen molar-refractivity contribution in [3.05, 3.63) is 95.1 Å². The van der Waals surface area contributed by atoms with E-state index in [-0.39, 0.29) is 11.1 Å². The van der Waals surface area contributed by atoms with E-state index in [1.54, 1.807) is 36.4 Å². The molecule has 0 aliphatic heterocycles. The molecule has 3 aromatic rings. The second-order valence-electron chi connectivity index (χ2n) is 8.77. The summed E-state index contributed by atoms with van der Waals surface area (Å²) in [4.78, 5) is 0. The predicted octanol–water partition coefficient (Wildman–Crippen LogP) is 8.37. The first kappa shape index (κ1) is 24.2. The van der Waals surface area contributed by atoms with Crippen molar-refractivity contribution in [2.75, 3.05) is 7.11 Å². The monoisotopic (exact) mass is 468 g/mol. The highest BCUT2D eigenvalue weighted by Crippen LogP contribution is 2.36. The Balaban J connectivity index is 1.47. The molecule has 0 saturated heterocycles. The molecule has 0 radical (unpaired) electrons. The van der Waals surface area contributed by atoms with E-state index in [0.717, 1.165) is 17.5 Å². The van der Waals surface area contributed by atoms with E-state index in [1.165, 1.54) is 7.11 Å². The van der Waals surface area contributed by atoms with Gasteiger partial charge in [-0.3, -0.25) is 0 Å². The largest absolute Gasteiger partial charge is 0.374 e. The zero-order valence-corrected chi connectivity index (χ0v) is 19.4. The average molecular weight is 469 g/mol. The van der Waals surface area contributed by atoms with Gasteiger partial charge >= 0.3 is 0 Å². The first-order valence-corrected chi connectivity index (χ1v) is 11.7. The topological polar surface area (TPSA) is 9.23 Å². The molecule has 2 atom stereocenters. The highest BCUT2D eigenvalue weighted by molar-refractivity contribution is 5.72. The molecule has 5 heteroatoms. The van der Waals surface area contributed by atoms with Crippen LogP contribution in [0.2, 0.25) is 0 Å². The van der Waals surface area contributed by atoms with E-state index in [9.17, 15) is 17.6 Å². The lowest BCUT2D eigenvalue weighted by molar-refractivity contribution is 0.0812. The fourth-order valence-electron chi connectivity index (χ4n) is 4.55. The molecule has 0 aromatic heterocycles. The Kier molecular flexibility index (Phi) is 7.52. The molecule has 4 rings (SSSR count). The maximum atomic E-state index is 14.9. The van der Waals surface area contributed by atoms with E-state index in [4.69, 9.17) is 4.74 Å². The smallest absolute Gasteiger partial charge is 0.167 e. The number of aryl methyl sites for hydroxylation is 2. The van der Waals surface area contributed by atoms with Gasteiger partial charge in [-0.05, 0) is 54.4 Å². The Morgan fingerprint density at radius 1 is 0.706 bits per heavy atom. The van der Waals surface area contributed by atoms with Crippen molar-refractivity contribution < 1.29 is 22.3 Å². The van der Waals surface area contributed by atoms with Gasteiger partial charge in [-0.1, -0.05) is 67.6 Å². The minimum absolute atomic E-state index is 0.187. The summed E-state index contributed by atoms with van der Waals surface area (Å²) in [6, 6.07) is 17.7. The van der Waals surface area contributed by atoms with Crippen LogP contribution in [0.25, 0.3) is 22.3 Å². The van der Waals surface area contributed by atoms with E-state index in [1.807, 2.05) is 31.2 Å². The van der Waals surface area contributed by atoms with Crippen LogP contribution < -0.4 is 0 Å². The van der Waals surface area contributed by atoms with E-state index in [0.29, 0.717) is 36.8 Å². The van der Waals surface area contributed by atoms with E-state index < -0.39 is 35.3 Å². The van der Waals surface area contributed by atoms with E-state index in [2.05, 4.69) is 0 Å². The number of benzene rings is 3. The summed E-state index contributed by atoms with van der Waals surface area (Å²) in [6.45, 7) is 2.04. The molecule has 0 heterocycles. The number of ether oxygens (including phenoxy) is 1. The highest BCUT2D eigenvalue weighted by atomic mass is 19.2. The first-order valence-electron chi connectivity index (χ1n) is 11.7. The van der Waals surface area contributed by atoms with Gasteiger partial charge in [0.25, 0.3) is 0 Å². The average Bonchev–Trinajstić information content (AvgIpc) is 2.87. The zero-order valence-electron chi connectivity index (χ0n) is 19.4. The molecule has 0 N–H and O–H groups in total. The summed E-state index contributed by atoms with van der Waals surface area (Å²) in [5, 5.41) is 0. The molecule has 1 aliphatic rings. The van der Waals surface area contributed by atoms with Crippen molar-refractivity contribution in [3.8, 4) is 22.3 Å². The van der Waals surface area contributed by atoms with Crippen LogP contribution in [-0.4, -0.2) is 13.2 Å². The van der Waals surface area contributed by atoms with Crippen molar-refractivity contribution in [3.63, 3.8) is 0 Å². The minimum Gasteiger partial charge on any atom is -0.374 e. The summed E-state index contributed by atoms with van der Waals surface area (Å²) >= 11 is 0.